The molecule has 23 heavy (non-hydrogen) atoms. The molecule has 6 nitrogen and oxygen atoms in total. The summed E-state index contributed by atoms with van der Waals surface area (Å²) in [5.41, 5.74) is 0.356. The van der Waals surface area contributed by atoms with Gasteiger partial charge in [0.2, 0.25) is 0 Å². The number of piperidine rings is 2. The average molecular weight is 319 g/mol. The molecule has 2 aliphatic heterocycles. The highest BCUT2D eigenvalue weighted by molar-refractivity contribution is 5.89. The number of benzene rings is 1. The molecule has 0 bridgehead atoms. The van der Waals surface area contributed by atoms with Gasteiger partial charge < -0.3 is 9.64 Å². The Labute approximate surface area is 135 Å². The van der Waals surface area contributed by atoms with Crippen LogP contribution in [0.25, 0.3) is 0 Å². The summed E-state index contributed by atoms with van der Waals surface area (Å²) in [6, 6.07) is 6.22. The molecule has 1 N–H and O–H groups in total. The summed E-state index contributed by atoms with van der Waals surface area (Å²) < 4.78 is 5.49. The van der Waals surface area contributed by atoms with Crippen LogP contribution in [-0.4, -0.2) is 36.6 Å². The number of non-ortho nitro benzene ring substituents is 1. The number of rotatable bonds is 4. The van der Waals surface area contributed by atoms with E-state index < -0.39 is 4.92 Å². The third-order valence-electron chi connectivity index (χ3n) is 5.17. The van der Waals surface area contributed by atoms with Crippen LogP contribution in [0.3, 0.4) is 0 Å². The van der Waals surface area contributed by atoms with Gasteiger partial charge in [0.1, 0.15) is 6.61 Å². The van der Waals surface area contributed by atoms with Crippen molar-refractivity contribution < 1.29 is 19.4 Å². The van der Waals surface area contributed by atoms with E-state index in [4.69, 9.17) is 4.74 Å². The van der Waals surface area contributed by atoms with E-state index in [1.54, 1.807) is 4.90 Å². The standard InChI is InChI=1S/C17H22N2O4/c20-17(13-6-8-15(9-7-13)19(21)22)23-12-14-4-3-11-18-10-2-1-5-16(14)18/h6-9,14,16H,1-5,10-12H2/p+1/t14-,16+/m1/s1. The van der Waals surface area contributed by atoms with Gasteiger partial charge in [-0.15, -0.1) is 0 Å². The summed E-state index contributed by atoms with van der Waals surface area (Å²) in [4.78, 5) is 24.0. The first-order chi connectivity index (χ1) is 11.1. The van der Waals surface area contributed by atoms with E-state index in [0.29, 0.717) is 24.1 Å². The minimum absolute atomic E-state index is 0.0183. The zero-order valence-electron chi connectivity index (χ0n) is 13.2. The SMILES string of the molecule is O=C(OC[C@H]1CCC[NH+]2CCCC[C@@H]12)c1ccc([N+](=O)[O-])cc1. The summed E-state index contributed by atoms with van der Waals surface area (Å²) in [7, 11) is 0. The van der Waals surface area contributed by atoms with Crippen molar-refractivity contribution in [2.45, 2.75) is 38.1 Å². The van der Waals surface area contributed by atoms with Gasteiger partial charge in [-0.1, -0.05) is 0 Å². The van der Waals surface area contributed by atoms with Crippen molar-refractivity contribution in [1.82, 2.24) is 0 Å². The van der Waals surface area contributed by atoms with Gasteiger partial charge in [0, 0.05) is 18.1 Å². The minimum Gasteiger partial charge on any atom is -0.462 e. The van der Waals surface area contributed by atoms with Gasteiger partial charge in [0.25, 0.3) is 5.69 Å². The van der Waals surface area contributed by atoms with Crippen LogP contribution in [0.15, 0.2) is 24.3 Å². The summed E-state index contributed by atoms with van der Waals surface area (Å²) in [5.74, 6) is 0.0591. The molecule has 124 valence electrons. The monoisotopic (exact) mass is 319 g/mol. The van der Waals surface area contributed by atoms with E-state index >= 15 is 0 Å². The van der Waals surface area contributed by atoms with Gasteiger partial charge in [-0.05, 0) is 44.2 Å². The molecule has 3 atom stereocenters. The molecule has 2 aliphatic rings. The molecule has 1 unspecified atom stereocenters. The number of hydrogen-bond donors (Lipinski definition) is 1. The van der Waals surface area contributed by atoms with Crippen LogP contribution in [0.2, 0.25) is 0 Å². The first-order valence-electron chi connectivity index (χ1n) is 8.41. The highest BCUT2D eigenvalue weighted by Crippen LogP contribution is 2.21. The maximum absolute atomic E-state index is 12.1. The predicted octanol–water partition coefficient (Wildman–Crippen LogP) is 1.60. The van der Waals surface area contributed by atoms with E-state index in [1.807, 2.05) is 0 Å². The van der Waals surface area contributed by atoms with Gasteiger partial charge in [0.05, 0.1) is 29.6 Å². The largest absolute Gasteiger partial charge is 0.462 e. The van der Waals surface area contributed by atoms with Crippen LogP contribution in [-0.2, 0) is 4.74 Å². The number of esters is 1. The van der Waals surface area contributed by atoms with Gasteiger partial charge in [-0.25, -0.2) is 4.79 Å². The molecule has 6 heteroatoms. The highest BCUT2D eigenvalue weighted by atomic mass is 16.6. The normalized spacial score (nSPS) is 27.0. The Hall–Kier alpha value is -1.95. The van der Waals surface area contributed by atoms with Crippen LogP contribution in [0.5, 0.6) is 0 Å². The van der Waals surface area contributed by atoms with Crippen molar-refractivity contribution in [1.29, 1.82) is 0 Å². The second kappa shape index (κ2) is 7.08. The van der Waals surface area contributed by atoms with Crippen molar-refractivity contribution in [3.8, 4) is 0 Å². The molecular formula is C17H23N2O4+. The molecule has 0 amide bonds. The lowest BCUT2D eigenvalue weighted by molar-refractivity contribution is -0.940. The number of nitrogens with one attached hydrogen (secondary N) is 1. The van der Waals surface area contributed by atoms with E-state index in [9.17, 15) is 14.9 Å². The molecule has 1 aromatic rings. The zero-order chi connectivity index (χ0) is 16.2. The molecule has 2 saturated heterocycles. The summed E-state index contributed by atoms with van der Waals surface area (Å²) in [6.45, 7) is 2.96. The Morgan fingerprint density at radius 2 is 1.91 bits per heavy atom. The Bertz CT molecular complexity index is 570. The van der Waals surface area contributed by atoms with Crippen molar-refractivity contribution >= 4 is 11.7 Å². The van der Waals surface area contributed by atoms with E-state index in [-0.39, 0.29) is 11.7 Å². The lowest BCUT2D eigenvalue weighted by Gasteiger charge is -2.40. The molecule has 3 rings (SSSR count). The van der Waals surface area contributed by atoms with Gasteiger partial charge in [0.15, 0.2) is 0 Å². The Morgan fingerprint density at radius 1 is 1.17 bits per heavy atom. The first-order valence-corrected chi connectivity index (χ1v) is 8.41. The van der Waals surface area contributed by atoms with E-state index in [1.165, 1.54) is 63.0 Å². The van der Waals surface area contributed by atoms with Crippen LogP contribution in [0.4, 0.5) is 5.69 Å². The van der Waals surface area contributed by atoms with Crippen LogP contribution >= 0.6 is 0 Å². The van der Waals surface area contributed by atoms with Crippen molar-refractivity contribution in [2.24, 2.45) is 5.92 Å². The number of ether oxygens (including phenoxy) is 1. The summed E-state index contributed by atoms with van der Waals surface area (Å²) >= 11 is 0. The number of fused-ring (bicyclic) bond motifs is 1. The Morgan fingerprint density at radius 3 is 2.65 bits per heavy atom. The molecule has 2 fully saturated rings. The zero-order valence-corrected chi connectivity index (χ0v) is 13.2. The smallest absolute Gasteiger partial charge is 0.338 e. The lowest BCUT2D eigenvalue weighted by Crippen LogP contribution is -3.18. The fourth-order valence-corrected chi connectivity index (χ4v) is 3.96. The molecule has 0 aromatic heterocycles. The van der Waals surface area contributed by atoms with E-state index in [2.05, 4.69) is 0 Å². The maximum Gasteiger partial charge on any atom is 0.338 e. The number of quaternary nitrogens is 1. The Balaban J connectivity index is 1.56. The number of nitrogens with zero attached hydrogens (tertiary/aromatic N) is 1. The molecule has 1 aromatic carbocycles. The number of nitro groups is 1. The van der Waals surface area contributed by atoms with Gasteiger partial charge >= 0.3 is 5.97 Å². The number of hydrogen-bond acceptors (Lipinski definition) is 4. The maximum atomic E-state index is 12.1. The van der Waals surface area contributed by atoms with Crippen LogP contribution in [0, 0.1) is 16.0 Å². The second-order valence-electron chi connectivity index (χ2n) is 6.57. The average Bonchev–Trinajstić information content (AvgIpc) is 2.59. The minimum atomic E-state index is -0.475. The lowest BCUT2D eigenvalue weighted by atomic mass is 9.84. The molecule has 0 aliphatic carbocycles. The quantitative estimate of drug-likeness (QED) is 0.520. The fraction of sp³-hybridized carbons (Fsp3) is 0.588. The topological polar surface area (TPSA) is 73.9 Å². The summed E-state index contributed by atoms with van der Waals surface area (Å²) in [5, 5.41) is 10.6. The molecule has 0 radical (unpaired) electrons. The molecule has 0 saturated carbocycles. The third-order valence-corrected chi connectivity index (χ3v) is 5.17. The Kier molecular flexibility index (Phi) is 4.91. The number of nitro benzene ring substituents is 1. The van der Waals surface area contributed by atoms with Gasteiger partial charge in [-0.2, -0.15) is 0 Å². The first kappa shape index (κ1) is 15.9. The van der Waals surface area contributed by atoms with Crippen molar-refractivity contribution in [2.75, 3.05) is 19.7 Å². The number of carbonyl (C=O) groups is 1. The molecular weight excluding hydrogens is 296 g/mol. The van der Waals surface area contributed by atoms with Crippen LogP contribution < -0.4 is 4.90 Å². The van der Waals surface area contributed by atoms with E-state index in [0.717, 1.165) is 6.42 Å². The predicted molar refractivity (Wildman–Crippen MR) is 84.4 cm³/mol. The number of carbonyl (C=O) groups excluding carboxylic acids is 1. The molecule has 0 spiro atoms. The van der Waals surface area contributed by atoms with Crippen LogP contribution in [0.1, 0.15) is 42.5 Å². The fourth-order valence-electron chi connectivity index (χ4n) is 3.96. The van der Waals surface area contributed by atoms with Crippen molar-refractivity contribution in [3.05, 3.63) is 39.9 Å². The molecule has 2 heterocycles. The van der Waals surface area contributed by atoms with Gasteiger partial charge in [-0.3, -0.25) is 10.1 Å². The van der Waals surface area contributed by atoms with Crippen molar-refractivity contribution in [3.63, 3.8) is 0 Å². The highest BCUT2D eigenvalue weighted by Gasteiger charge is 2.37. The second-order valence-corrected chi connectivity index (χ2v) is 6.57. The third kappa shape index (κ3) is 3.69. The summed E-state index contributed by atoms with van der Waals surface area (Å²) in [6.07, 6.45) is 6.14.